The average Bonchev–Trinajstić information content (AvgIpc) is 3.67. The van der Waals surface area contributed by atoms with E-state index in [1.54, 1.807) is 36.4 Å². The van der Waals surface area contributed by atoms with Crippen LogP contribution in [-0.4, -0.2) is 52.4 Å². The lowest BCUT2D eigenvalue weighted by Crippen LogP contribution is -2.13. The van der Waals surface area contributed by atoms with Gasteiger partial charge in [0.1, 0.15) is 5.82 Å². The monoisotopic (exact) mass is 568 g/mol. The zero-order valence-electron chi connectivity index (χ0n) is 22.3. The smallest absolute Gasteiger partial charge is 0.335 e. The van der Waals surface area contributed by atoms with Crippen molar-refractivity contribution in [3.63, 3.8) is 0 Å². The molecule has 5 rings (SSSR count). The van der Waals surface area contributed by atoms with Crippen molar-refractivity contribution in [2.45, 2.75) is 43.6 Å². The third kappa shape index (κ3) is 6.84. The van der Waals surface area contributed by atoms with E-state index in [-0.39, 0.29) is 11.5 Å². The van der Waals surface area contributed by atoms with Crippen molar-refractivity contribution in [2.75, 3.05) is 5.32 Å². The third-order valence-electron chi connectivity index (χ3n) is 6.40. The summed E-state index contributed by atoms with van der Waals surface area (Å²) in [6, 6.07) is 21.7. The Morgan fingerprint density at radius 2 is 1.80 bits per heavy atom. The molecule has 0 radical (unpaired) electrons. The van der Waals surface area contributed by atoms with E-state index in [1.807, 2.05) is 36.4 Å². The molecule has 0 saturated carbocycles. The summed E-state index contributed by atoms with van der Waals surface area (Å²) >= 11 is 1.53. The maximum absolute atomic E-state index is 13.1. The van der Waals surface area contributed by atoms with Crippen LogP contribution in [0.2, 0.25) is 0 Å². The van der Waals surface area contributed by atoms with Gasteiger partial charge in [-0.05, 0) is 53.1 Å². The molecule has 0 bridgehead atoms. The highest BCUT2D eigenvalue weighted by atomic mass is 32.2. The van der Waals surface area contributed by atoms with Crippen LogP contribution >= 0.6 is 11.8 Å². The lowest BCUT2D eigenvalue weighted by atomic mass is 10.1. The van der Waals surface area contributed by atoms with Gasteiger partial charge < -0.3 is 15.0 Å². The van der Waals surface area contributed by atoms with Crippen LogP contribution in [0, 0.1) is 0 Å². The normalized spacial score (nSPS) is 11.0. The Hall–Kier alpha value is -4.84. The van der Waals surface area contributed by atoms with Crippen LogP contribution in [-0.2, 0) is 18.7 Å². The van der Waals surface area contributed by atoms with Crippen molar-refractivity contribution >= 4 is 29.3 Å². The first-order valence-corrected chi connectivity index (χ1v) is 14.1. The first kappa shape index (κ1) is 27.7. The molecule has 2 heterocycles. The Morgan fingerprint density at radius 1 is 0.976 bits per heavy atom. The van der Waals surface area contributed by atoms with Crippen LogP contribution in [0.1, 0.15) is 57.4 Å². The van der Waals surface area contributed by atoms with Crippen molar-refractivity contribution < 1.29 is 14.7 Å². The molecule has 0 atom stereocenters. The average molecular weight is 569 g/mol. The van der Waals surface area contributed by atoms with E-state index in [9.17, 15) is 14.7 Å². The maximum Gasteiger partial charge on any atom is 0.335 e. The second-order valence-corrected chi connectivity index (χ2v) is 10.3. The number of aromatic amines is 1. The van der Waals surface area contributed by atoms with E-state index in [4.69, 9.17) is 0 Å². The van der Waals surface area contributed by atoms with Gasteiger partial charge in [-0.25, -0.2) is 4.79 Å². The number of unbranched alkanes of at least 4 members (excludes halogenated alkanes) is 1. The number of thioether (sulfide) groups is 1. The fourth-order valence-electron chi connectivity index (χ4n) is 4.27. The van der Waals surface area contributed by atoms with E-state index >= 15 is 0 Å². The number of tetrazole rings is 1. The number of aryl methyl sites for hydroxylation is 1. The number of H-pyrrole nitrogens is 1. The van der Waals surface area contributed by atoms with Gasteiger partial charge in [0, 0.05) is 23.4 Å². The summed E-state index contributed by atoms with van der Waals surface area (Å²) in [5.74, 6) is 0.608. The molecule has 3 aromatic carbocycles. The molecule has 41 heavy (non-hydrogen) atoms. The Labute approximate surface area is 240 Å². The first-order chi connectivity index (χ1) is 20.0. The molecule has 2 aromatic heterocycles. The molecule has 208 valence electrons. The summed E-state index contributed by atoms with van der Waals surface area (Å²) in [7, 11) is 0. The van der Waals surface area contributed by atoms with E-state index in [0.717, 1.165) is 41.4 Å². The molecular weight excluding hydrogens is 540 g/mol. The van der Waals surface area contributed by atoms with Gasteiger partial charge in [-0.15, -0.1) is 20.4 Å². The van der Waals surface area contributed by atoms with Gasteiger partial charge >= 0.3 is 5.97 Å². The molecule has 0 aliphatic carbocycles. The number of benzene rings is 3. The van der Waals surface area contributed by atoms with Crippen LogP contribution in [0.5, 0.6) is 0 Å². The SMILES string of the molecule is CCCCc1nnc(SCc2cccc(C(=O)O)c2)n1Cc1ccc(NC(=O)c2ccccc2-c2nn[nH]n2)cc1. The van der Waals surface area contributed by atoms with Crippen LogP contribution in [0.4, 0.5) is 5.69 Å². The number of nitrogens with one attached hydrogen (secondary N) is 2. The van der Waals surface area contributed by atoms with Crippen molar-refractivity contribution in [3.8, 4) is 11.4 Å². The summed E-state index contributed by atoms with van der Waals surface area (Å²) in [6.45, 7) is 2.71. The Kier molecular flexibility index (Phi) is 8.79. The number of anilines is 1. The number of carbonyl (C=O) groups excluding carboxylic acids is 1. The van der Waals surface area contributed by atoms with E-state index in [1.165, 1.54) is 11.8 Å². The molecule has 0 spiro atoms. The first-order valence-electron chi connectivity index (χ1n) is 13.1. The largest absolute Gasteiger partial charge is 0.478 e. The quantitative estimate of drug-likeness (QED) is 0.175. The molecule has 5 aromatic rings. The Morgan fingerprint density at radius 3 is 2.56 bits per heavy atom. The zero-order valence-corrected chi connectivity index (χ0v) is 23.1. The van der Waals surface area contributed by atoms with Gasteiger partial charge in [0.15, 0.2) is 5.16 Å². The molecule has 0 aliphatic heterocycles. The predicted molar refractivity (Wildman–Crippen MR) is 155 cm³/mol. The highest BCUT2D eigenvalue weighted by Crippen LogP contribution is 2.25. The number of hydrogen-bond acceptors (Lipinski definition) is 8. The molecule has 1 amide bonds. The van der Waals surface area contributed by atoms with E-state index in [0.29, 0.717) is 34.9 Å². The number of rotatable bonds is 12. The second-order valence-electron chi connectivity index (χ2n) is 9.31. The minimum atomic E-state index is -0.947. The number of aromatic carboxylic acids is 1. The number of hydrogen-bond donors (Lipinski definition) is 3. The van der Waals surface area contributed by atoms with Gasteiger partial charge in [0.05, 0.1) is 17.7 Å². The number of nitrogens with zero attached hydrogens (tertiary/aromatic N) is 6. The molecule has 3 N–H and O–H groups in total. The molecule has 0 aliphatic rings. The lowest BCUT2D eigenvalue weighted by Gasteiger charge is -2.12. The van der Waals surface area contributed by atoms with Gasteiger partial charge in [-0.3, -0.25) is 4.79 Å². The van der Waals surface area contributed by atoms with E-state index in [2.05, 4.69) is 47.6 Å². The van der Waals surface area contributed by atoms with Gasteiger partial charge in [-0.2, -0.15) is 5.21 Å². The van der Waals surface area contributed by atoms with Gasteiger partial charge in [0.25, 0.3) is 5.91 Å². The highest BCUT2D eigenvalue weighted by molar-refractivity contribution is 7.98. The number of carbonyl (C=O) groups is 2. The minimum absolute atomic E-state index is 0.263. The molecular formula is C29H28N8O3S. The Bertz CT molecular complexity index is 1630. The summed E-state index contributed by atoms with van der Waals surface area (Å²) in [4.78, 5) is 24.4. The van der Waals surface area contributed by atoms with Crippen molar-refractivity contribution in [3.05, 3.63) is 101 Å². The zero-order chi connectivity index (χ0) is 28.6. The maximum atomic E-state index is 13.1. The molecule has 0 fully saturated rings. The standard InChI is InChI=1S/C29H28N8O3S/c1-2-3-11-25-31-34-29(41-18-20-7-6-8-21(16-20)28(39)40)37(25)17-19-12-14-22(15-13-19)30-27(38)24-10-5-4-9-23(24)26-32-35-36-33-26/h4-10,12-16H,2-3,11,17-18H2,1H3,(H,30,38)(H,39,40)(H,32,33,35,36). The van der Waals surface area contributed by atoms with Crippen LogP contribution in [0.3, 0.4) is 0 Å². The van der Waals surface area contributed by atoms with Crippen molar-refractivity contribution in [1.29, 1.82) is 0 Å². The number of amides is 1. The second kappa shape index (κ2) is 13.0. The third-order valence-corrected chi connectivity index (χ3v) is 7.44. The topological polar surface area (TPSA) is 152 Å². The van der Waals surface area contributed by atoms with Gasteiger partial charge in [-0.1, -0.05) is 67.6 Å². The fourth-order valence-corrected chi connectivity index (χ4v) is 5.17. The predicted octanol–water partition coefficient (Wildman–Crippen LogP) is 5.09. The van der Waals surface area contributed by atoms with Crippen molar-refractivity contribution in [2.24, 2.45) is 0 Å². The van der Waals surface area contributed by atoms with Crippen molar-refractivity contribution in [1.82, 2.24) is 35.4 Å². The van der Waals surface area contributed by atoms with Crippen LogP contribution in [0.25, 0.3) is 11.4 Å². The fraction of sp³-hybridized carbons (Fsp3) is 0.207. The van der Waals surface area contributed by atoms with Crippen LogP contribution < -0.4 is 5.32 Å². The van der Waals surface area contributed by atoms with Gasteiger partial charge in [0.2, 0.25) is 5.82 Å². The minimum Gasteiger partial charge on any atom is -0.478 e. The van der Waals surface area contributed by atoms with Crippen LogP contribution in [0.15, 0.2) is 78.0 Å². The number of carboxylic acids is 1. The lowest BCUT2D eigenvalue weighted by molar-refractivity contribution is 0.0696. The molecule has 0 saturated heterocycles. The summed E-state index contributed by atoms with van der Waals surface area (Å²) in [6.07, 6.45) is 2.85. The highest BCUT2D eigenvalue weighted by Gasteiger charge is 2.17. The number of aromatic nitrogens is 7. The van der Waals surface area contributed by atoms with E-state index < -0.39 is 5.97 Å². The number of carboxylic acid groups (broad SMARTS) is 1. The molecule has 0 unspecified atom stereocenters. The summed E-state index contributed by atoms with van der Waals surface area (Å²) in [5.41, 5.74) is 3.88. The Balaban J connectivity index is 1.29. The molecule has 11 nitrogen and oxygen atoms in total. The summed E-state index contributed by atoms with van der Waals surface area (Å²) < 4.78 is 2.11. The molecule has 12 heteroatoms. The summed E-state index contributed by atoms with van der Waals surface area (Å²) in [5, 5.41) is 35.9.